The van der Waals surface area contributed by atoms with Gasteiger partial charge in [0, 0.05) is 43.9 Å². The molecule has 1 saturated heterocycles. The zero-order valence-electron chi connectivity index (χ0n) is 18.3. The minimum absolute atomic E-state index is 0.103. The van der Waals surface area contributed by atoms with Crippen molar-refractivity contribution in [3.8, 4) is 17.2 Å². The maximum Gasteiger partial charge on any atom is 0.247 e. The molecule has 6 nitrogen and oxygen atoms in total. The first-order chi connectivity index (χ1) is 14.5. The van der Waals surface area contributed by atoms with Crippen LogP contribution >= 0.6 is 0 Å². The fourth-order valence-corrected chi connectivity index (χ4v) is 4.03. The molecule has 0 amide bonds. The van der Waals surface area contributed by atoms with Crippen molar-refractivity contribution >= 4 is 0 Å². The van der Waals surface area contributed by atoms with E-state index in [9.17, 15) is 0 Å². The van der Waals surface area contributed by atoms with Gasteiger partial charge in [-0.1, -0.05) is 35.4 Å². The van der Waals surface area contributed by atoms with Crippen LogP contribution in [0.25, 0.3) is 11.5 Å². The van der Waals surface area contributed by atoms with Crippen LogP contribution in [-0.2, 0) is 6.54 Å². The zero-order chi connectivity index (χ0) is 21.1. The Labute approximate surface area is 178 Å². The van der Waals surface area contributed by atoms with Crippen molar-refractivity contribution in [3.63, 3.8) is 0 Å². The molecule has 0 saturated carbocycles. The number of aryl methyl sites for hydroxylation is 2. The van der Waals surface area contributed by atoms with Gasteiger partial charge < -0.3 is 9.15 Å². The largest absolute Gasteiger partial charge is 0.496 e. The maximum atomic E-state index is 6.01. The van der Waals surface area contributed by atoms with Gasteiger partial charge in [0.25, 0.3) is 0 Å². The Morgan fingerprint density at radius 3 is 2.50 bits per heavy atom. The second-order valence-electron chi connectivity index (χ2n) is 8.12. The first-order valence-electron chi connectivity index (χ1n) is 10.5. The highest BCUT2D eigenvalue weighted by molar-refractivity contribution is 5.53. The van der Waals surface area contributed by atoms with Crippen LogP contribution in [0.4, 0.5) is 0 Å². The molecular weight excluding hydrogens is 376 g/mol. The number of hydrogen-bond acceptors (Lipinski definition) is 6. The lowest BCUT2D eigenvalue weighted by molar-refractivity contribution is 0.0871. The number of ether oxygens (including phenoxy) is 1. The van der Waals surface area contributed by atoms with E-state index in [4.69, 9.17) is 9.15 Å². The summed E-state index contributed by atoms with van der Waals surface area (Å²) in [4.78, 5) is 4.89. The average molecular weight is 407 g/mol. The first kappa shape index (κ1) is 20.6. The molecule has 0 spiro atoms. The van der Waals surface area contributed by atoms with Crippen LogP contribution in [0.15, 0.2) is 46.9 Å². The van der Waals surface area contributed by atoms with Crippen LogP contribution in [-0.4, -0.2) is 53.3 Å². The fraction of sp³-hybridized carbons (Fsp3) is 0.417. The molecule has 0 bridgehead atoms. The Balaban J connectivity index is 1.37. The van der Waals surface area contributed by atoms with Gasteiger partial charge in [-0.3, -0.25) is 9.80 Å². The first-order valence-corrected chi connectivity index (χ1v) is 10.5. The van der Waals surface area contributed by atoms with Gasteiger partial charge in [0.15, 0.2) is 0 Å². The number of piperazine rings is 1. The van der Waals surface area contributed by atoms with Crippen molar-refractivity contribution in [3.05, 3.63) is 65.0 Å². The zero-order valence-corrected chi connectivity index (χ0v) is 18.3. The van der Waals surface area contributed by atoms with E-state index in [2.05, 4.69) is 71.1 Å². The fourth-order valence-electron chi connectivity index (χ4n) is 4.03. The molecule has 1 aromatic heterocycles. The van der Waals surface area contributed by atoms with Crippen LogP contribution in [0.1, 0.15) is 35.5 Å². The predicted molar refractivity (Wildman–Crippen MR) is 117 cm³/mol. The third-order valence-electron chi connectivity index (χ3n) is 5.85. The van der Waals surface area contributed by atoms with Gasteiger partial charge in [0.1, 0.15) is 5.75 Å². The number of aromatic nitrogens is 2. The standard InChI is InChI=1S/C24H30N4O2/c1-17-6-5-7-20(14-17)24-26-25-23(30-24)19(3)28-12-10-27(11-13-28)16-21-15-18(2)8-9-22(21)29-4/h5-9,14-15,19H,10-13,16H2,1-4H3/t19-/m0/s1. The second-order valence-corrected chi connectivity index (χ2v) is 8.12. The molecule has 0 unspecified atom stereocenters. The molecule has 4 rings (SSSR count). The van der Waals surface area contributed by atoms with E-state index in [1.165, 1.54) is 16.7 Å². The van der Waals surface area contributed by atoms with Crippen LogP contribution in [0.3, 0.4) is 0 Å². The van der Waals surface area contributed by atoms with E-state index in [0.29, 0.717) is 11.8 Å². The van der Waals surface area contributed by atoms with Gasteiger partial charge >= 0.3 is 0 Å². The molecule has 1 fully saturated rings. The van der Waals surface area contributed by atoms with Crippen molar-refractivity contribution in [2.45, 2.75) is 33.4 Å². The van der Waals surface area contributed by atoms with E-state index in [0.717, 1.165) is 44.0 Å². The molecule has 30 heavy (non-hydrogen) atoms. The number of rotatable bonds is 6. The lowest BCUT2D eigenvalue weighted by Crippen LogP contribution is -2.46. The third-order valence-corrected chi connectivity index (χ3v) is 5.85. The molecule has 2 aromatic carbocycles. The highest BCUT2D eigenvalue weighted by atomic mass is 16.5. The van der Waals surface area contributed by atoms with Crippen LogP contribution in [0, 0.1) is 13.8 Å². The second kappa shape index (κ2) is 8.98. The van der Waals surface area contributed by atoms with E-state index in [1.54, 1.807) is 7.11 Å². The Bertz CT molecular complexity index is 992. The quantitative estimate of drug-likeness (QED) is 0.610. The Kier molecular flexibility index (Phi) is 6.16. The molecule has 2 heterocycles. The minimum Gasteiger partial charge on any atom is -0.496 e. The van der Waals surface area contributed by atoms with Gasteiger partial charge in [0.05, 0.1) is 13.2 Å². The van der Waals surface area contributed by atoms with Gasteiger partial charge in [-0.2, -0.15) is 0 Å². The summed E-state index contributed by atoms with van der Waals surface area (Å²) in [6, 6.07) is 14.6. The van der Waals surface area contributed by atoms with E-state index >= 15 is 0 Å². The smallest absolute Gasteiger partial charge is 0.247 e. The topological polar surface area (TPSA) is 54.6 Å². The maximum absolute atomic E-state index is 6.01. The Morgan fingerprint density at radius 1 is 1.00 bits per heavy atom. The highest BCUT2D eigenvalue weighted by Gasteiger charge is 2.26. The molecular formula is C24H30N4O2. The van der Waals surface area contributed by atoms with Crippen molar-refractivity contribution in [2.75, 3.05) is 33.3 Å². The van der Waals surface area contributed by atoms with E-state index in [1.807, 2.05) is 12.1 Å². The van der Waals surface area contributed by atoms with Crippen LogP contribution in [0.2, 0.25) is 0 Å². The number of nitrogens with zero attached hydrogens (tertiary/aromatic N) is 4. The van der Waals surface area contributed by atoms with Gasteiger partial charge in [-0.15, -0.1) is 10.2 Å². The molecule has 1 atom stereocenters. The van der Waals surface area contributed by atoms with Crippen molar-refractivity contribution in [1.82, 2.24) is 20.0 Å². The molecule has 1 aliphatic heterocycles. The van der Waals surface area contributed by atoms with Gasteiger partial charge in [-0.05, 0) is 39.0 Å². The predicted octanol–water partition coefficient (Wildman–Crippen LogP) is 4.24. The number of benzene rings is 2. The minimum atomic E-state index is 0.103. The summed E-state index contributed by atoms with van der Waals surface area (Å²) in [6.07, 6.45) is 0. The monoisotopic (exact) mass is 406 g/mol. The number of methoxy groups -OCH3 is 1. The summed E-state index contributed by atoms with van der Waals surface area (Å²) in [7, 11) is 1.74. The highest BCUT2D eigenvalue weighted by Crippen LogP contribution is 2.26. The molecule has 158 valence electrons. The van der Waals surface area contributed by atoms with Crippen molar-refractivity contribution in [2.24, 2.45) is 0 Å². The Hall–Kier alpha value is -2.70. The summed E-state index contributed by atoms with van der Waals surface area (Å²) >= 11 is 0. The molecule has 0 radical (unpaired) electrons. The summed E-state index contributed by atoms with van der Waals surface area (Å²) in [6.45, 7) is 11.2. The molecule has 6 heteroatoms. The summed E-state index contributed by atoms with van der Waals surface area (Å²) in [5, 5.41) is 8.60. The van der Waals surface area contributed by atoms with E-state index in [-0.39, 0.29) is 6.04 Å². The molecule has 3 aromatic rings. The lowest BCUT2D eigenvalue weighted by atomic mass is 10.1. The summed E-state index contributed by atoms with van der Waals surface area (Å²) in [5.41, 5.74) is 4.66. The molecule has 0 aliphatic carbocycles. The SMILES string of the molecule is COc1ccc(C)cc1CN1CCN([C@@H](C)c2nnc(-c3cccc(C)c3)o2)CC1. The molecule has 0 N–H and O–H groups in total. The number of hydrogen-bond donors (Lipinski definition) is 0. The van der Waals surface area contributed by atoms with Gasteiger partial charge in [-0.25, -0.2) is 0 Å². The van der Waals surface area contributed by atoms with Gasteiger partial charge in [0.2, 0.25) is 11.8 Å². The van der Waals surface area contributed by atoms with Crippen LogP contribution in [0.5, 0.6) is 5.75 Å². The van der Waals surface area contributed by atoms with E-state index < -0.39 is 0 Å². The third kappa shape index (κ3) is 4.55. The average Bonchev–Trinajstić information content (AvgIpc) is 3.24. The Morgan fingerprint density at radius 2 is 1.77 bits per heavy atom. The summed E-state index contributed by atoms with van der Waals surface area (Å²) in [5.74, 6) is 2.23. The molecule has 1 aliphatic rings. The summed E-state index contributed by atoms with van der Waals surface area (Å²) < 4.78 is 11.6. The van der Waals surface area contributed by atoms with Crippen LogP contribution < -0.4 is 4.74 Å². The lowest BCUT2D eigenvalue weighted by Gasteiger charge is -2.37. The normalized spacial score (nSPS) is 16.5. The van der Waals surface area contributed by atoms with Crippen molar-refractivity contribution < 1.29 is 9.15 Å². The van der Waals surface area contributed by atoms with Crippen molar-refractivity contribution in [1.29, 1.82) is 0 Å².